The number of halogens is 1. The number of sulfonamides is 1. The second-order valence-corrected chi connectivity index (χ2v) is 13.5. The number of sulfone groups is 2. The van der Waals surface area contributed by atoms with Crippen LogP contribution in [0.1, 0.15) is 16.1 Å². The number of rotatable bonds is 8. The van der Waals surface area contributed by atoms with Gasteiger partial charge in [0, 0.05) is 24.3 Å². The summed E-state index contributed by atoms with van der Waals surface area (Å²) in [4.78, 5) is 15.4. The van der Waals surface area contributed by atoms with Gasteiger partial charge >= 0.3 is 0 Å². The van der Waals surface area contributed by atoms with Gasteiger partial charge in [0.15, 0.2) is 19.7 Å². The Hall–Kier alpha value is -3.00. The van der Waals surface area contributed by atoms with Gasteiger partial charge < -0.3 is 5.32 Å². The molecule has 0 saturated heterocycles. The molecule has 2 aromatic carbocycles. The fraction of sp³-hybridized carbons (Fsp3) is 0.143. The van der Waals surface area contributed by atoms with Crippen molar-refractivity contribution in [3.8, 4) is 0 Å². The number of hydrogen-bond donors (Lipinski definition) is 2. The van der Waals surface area contributed by atoms with Crippen LogP contribution in [0.3, 0.4) is 0 Å². The third-order valence-electron chi connectivity index (χ3n) is 4.66. The smallest absolute Gasteiger partial charge is 0.263 e. The second-order valence-electron chi connectivity index (χ2n) is 7.46. The van der Waals surface area contributed by atoms with Gasteiger partial charge in [0.25, 0.3) is 15.9 Å². The average molecular weight is 558 g/mol. The van der Waals surface area contributed by atoms with Gasteiger partial charge in [0.2, 0.25) is 0 Å². The number of carbonyl (C=O) groups is 1. The second kappa shape index (κ2) is 9.93. The molecule has 1 amide bonds. The number of amides is 1. The van der Waals surface area contributed by atoms with Gasteiger partial charge in [-0.15, -0.1) is 0 Å². The predicted octanol–water partition coefficient (Wildman–Crippen LogP) is 2.27. The molecule has 2 N–H and O–H groups in total. The van der Waals surface area contributed by atoms with E-state index in [1.807, 2.05) is 0 Å². The normalized spacial score (nSPS) is 12.2. The molecule has 186 valence electrons. The molecule has 0 aliphatic rings. The monoisotopic (exact) mass is 557 g/mol. The number of carbonyl (C=O) groups excluding carboxylic acids is 1. The number of aromatic nitrogens is 1. The first-order valence-electron chi connectivity index (χ1n) is 9.73. The third kappa shape index (κ3) is 6.57. The quantitative estimate of drug-likeness (QED) is 0.427. The molecule has 0 fully saturated rings. The molecule has 0 aliphatic carbocycles. The number of nitrogens with one attached hydrogen (secondary N) is 2. The van der Waals surface area contributed by atoms with Crippen molar-refractivity contribution in [2.45, 2.75) is 21.2 Å². The predicted molar refractivity (Wildman–Crippen MR) is 130 cm³/mol. The molecular weight excluding hydrogens is 538 g/mol. The van der Waals surface area contributed by atoms with Crippen LogP contribution < -0.4 is 10.0 Å². The molecule has 3 aromatic rings. The van der Waals surface area contributed by atoms with Crippen LogP contribution in [0.2, 0.25) is 5.02 Å². The Morgan fingerprint density at radius 2 is 1.60 bits per heavy atom. The van der Waals surface area contributed by atoms with Gasteiger partial charge in [0.05, 0.1) is 32.7 Å². The van der Waals surface area contributed by atoms with Crippen LogP contribution in [0.15, 0.2) is 75.5 Å². The lowest BCUT2D eigenvalue weighted by Crippen LogP contribution is -2.24. The Morgan fingerprint density at radius 1 is 0.886 bits per heavy atom. The summed E-state index contributed by atoms with van der Waals surface area (Å²) in [6.07, 6.45) is 3.30. The highest BCUT2D eigenvalue weighted by Crippen LogP contribution is 2.30. The lowest BCUT2D eigenvalue weighted by Gasteiger charge is -2.14. The van der Waals surface area contributed by atoms with E-state index < -0.39 is 51.1 Å². The summed E-state index contributed by atoms with van der Waals surface area (Å²) in [5, 5.41) is 2.37. The lowest BCUT2D eigenvalue weighted by atomic mass is 10.2. The minimum absolute atomic E-state index is 0.0288. The van der Waals surface area contributed by atoms with Crippen LogP contribution in [-0.2, 0) is 36.2 Å². The van der Waals surface area contributed by atoms with E-state index in [0.717, 1.165) is 36.8 Å². The molecule has 0 aliphatic heterocycles. The Balaban J connectivity index is 1.98. The Morgan fingerprint density at radius 3 is 2.20 bits per heavy atom. The molecular formula is C21H20ClN3O7S3. The molecule has 0 spiro atoms. The summed E-state index contributed by atoms with van der Waals surface area (Å²) in [6, 6.07) is 11.7. The zero-order valence-electron chi connectivity index (χ0n) is 18.4. The molecule has 10 nitrogen and oxygen atoms in total. The lowest BCUT2D eigenvalue weighted by molar-refractivity contribution is 0.0950. The fourth-order valence-electron chi connectivity index (χ4n) is 2.97. The molecule has 3 rings (SSSR count). The molecule has 1 heterocycles. The van der Waals surface area contributed by atoms with Gasteiger partial charge in [-0.05, 0) is 48.5 Å². The van der Waals surface area contributed by atoms with Gasteiger partial charge in [0.1, 0.15) is 4.90 Å². The minimum Gasteiger partial charge on any atom is -0.346 e. The molecule has 0 atom stereocenters. The Kier molecular flexibility index (Phi) is 7.55. The van der Waals surface area contributed by atoms with Crippen molar-refractivity contribution < 1.29 is 30.0 Å². The highest BCUT2D eigenvalue weighted by Gasteiger charge is 2.25. The number of benzene rings is 2. The van der Waals surface area contributed by atoms with Gasteiger partial charge in [-0.3, -0.25) is 14.5 Å². The van der Waals surface area contributed by atoms with Crippen molar-refractivity contribution in [1.29, 1.82) is 0 Å². The molecule has 0 unspecified atom stereocenters. The maximum atomic E-state index is 13.1. The number of anilines is 1. The van der Waals surface area contributed by atoms with Crippen LogP contribution in [-0.4, -0.2) is 48.7 Å². The van der Waals surface area contributed by atoms with E-state index in [2.05, 4.69) is 15.0 Å². The summed E-state index contributed by atoms with van der Waals surface area (Å²) in [7, 11) is -12.3. The maximum absolute atomic E-state index is 13.1. The largest absolute Gasteiger partial charge is 0.346 e. The van der Waals surface area contributed by atoms with E-state index in [4.69, 9.17) is 11.6 Å². The highest BCUT2D eigenvalue weighted by molar-refractivity contribution is 7.93. The molecule has 0 radical (unpaired) electrons. The van der Waals surface area contributed by atoms with Crippen molar-refractivity contribution in [1.82, 2.24) is 10.3 Å². The average Bonchev–Trinajstić information content (AvgIpc) is 2.76. The van der Waals surface area contributed by atoms with Gasteiger partial charge in [-0.2, -0.15) is 0 Å². The van der Waals surface area contributed by atoms with Crippen molar-refractivity contribution in [2.75, 3.05) is 17.2 Å². The van der Waals surface area contributed by atoms with Crippen LogP contribution in [0.5, 0.6) is 0 Å². The number of nitrogens with zero attached hydrogens (tertiary/aromatic N) is 1. The van der Waals surface area contributed by atoms with E-state index in [9.17, 15) is 30.0 Å². The van der Waals surface area contributed by atoms with Crippen LogP contribution in [0, 0.1) is 0 Å². The highest BCUT2D eigenvalue weighted by atomic mass is 35.5. The van der Waals surface area contributed by atoms with E-state index in [-0.39, 0.29) is 22.0 Å². The summed E-state index contributed by atoms with van der Waals surface area (Å²) < 4.78 is 76.5. The third-order valence-corrected chi connectivity index (χ3v) is 8.77. The minimum atomic E-state index is -4.55. The standard InChI is InChI=1S/C21H20ClN3O7S3/c1-33(27,28)16-7-9-19(34(2,29)30)18(12-16)25-35(31,32)20-11-14(6-8-17(20)22)21(26)24-13-15-5-3-4-10-23-15/h3-12,25H,13H2,1-2H3,(H,24,26). The van der Waals surface area contributed by atoms with Gasteiger partial charge in [-0.1, -0.05) is 17.7 Å². The molecule has 35 heavy (non-hydrogen) atoms. The first-order chi connectivity index (χ1) is 16.2. The molecule has 1 aromatic heterocycles. The summed E-state index contributed by atoms with van der Waals surface area (Å²) in [6.45, 7) is 0.0959. The summed E-state index contributed by atoms with van der Waals surface area (Å²) >= 11 is 6.08. The van der Waals surface area contributed by atoms with E-state index in [1.165, 1.54) is 12.1 Å². The number of hydrogen-bond acceptors (Lipinski definition) is 8. The van der Waals surface area contributed by atoms with Crippen LogP contribution in [0.4, 0.5) is 5.69 Å². The molecule has 0 saturated carbocycles. The van der Waals surface area contributed by atoms with Crippen molar-refractivity contribution in [3.05, 3.63) is 77.1 Å². The van der Waals surface area contributed by atoms with Crippen LogP contribution in [0.25, 0.3) is 0 Å². The van der Waals surface area contributed by atoms with E-state index in [1.54, 1.807) is 24.4 Å². The zero-order chi connectivity index (χ0) is 26.0. The first kappa shape index (κ1) is 26.6. The summed E-state index contributed by atoms with van der Waals surface area (Å²) in [5.41, 5.74) is 0.0822. The molecule has 14 heteroatoms. The Bertz CT molecular complexity index is 1610. The molecule has 0 bridgehead atoms. The van der Waals surface area contributed by atoms with Crippen LogP contribution >= 0.6 is 11.6 Å². The fourth-order valence-corrected chi connectivity index (χ4v) is 6.10. The van der Waals surface area contributed by atoms with Gasteiger partial charge in [-0.25, -0.2) is 25.3 Å². The van der Waals surface area contributed by atoms with Crippen molar-refractivity contribution in [3.63, 3.8) is 0 Å². The maximum Gasteiger partial charge on any atom is 0.263 e. The van der Waals surface area contributed by atoms with Crippen molar-refractivity contribution in [2.24, 2.45) is 0 Å². The van der Waals surface area contributed by atoms with E-state index in [0.29, 0.717) is 5.69 Å². The summed E-state index contributed by atoms with van der Waals surface area (Å²) in [5.74, 6) is -0.598. The first-order valence-corrected chi connectivity index (χ1v) is 15.4. The van der Waals surface area contributed by atoms with E-state index >= 15 is 0 Å². The van der Waals surface area contributed by atoms with Crippen molar-refractivity contribution >= 4 is 52.9 Å². The number of pyridine rings is 1. The zero-order valence-corrected chi connectivity index (χ0v) is 21.6. The SMILES string of the molecule is CS(=O)(=O)c1ccc(S(C)(=O)=O)c(NS(=O)(=O)c2cc(C(=O)NCc3ccccn3)ccc2Cl)c1. The Labute approximate surface area is 208 Å². The topological polar surface area (TPSA) is 156 Å².